The molecule has 1 aliphatic heterocycles. The molecule has 0 unspecified atom stereocenters. The van der Waals surface area contributed by atoms with Gasteiger partial charge in [-0.25, -0.2) is 0 Å². The Balaban J connectivity index is 0.000000150. The number of fused-ring (bicyclic) bond motifs is 5. The van der Waals surface area contributed by atoms with Gasteiger partial charge in [-0.15, -0.1) is 74.6 Å². The maximum atomic E-state index is 3.31. The Morgan fingerprint density at radius 2 is 0.897 bits per heavy atom. The molecule has 9 rings (SSSR count). The summed E-state index contributed by atoms with van der Waals surface area (Å²) in [5.41, 5.74) is 14.1. The van der Waals surface area contributed by atoms with E-state index < -0.39 is 0 Å². The summed E-state index contributed by atoms with van der Waals surface area (Å²) in [5.74, 6) is 2.50. The molecule has 8 aromatic rings. The first kappa shape index (κ1) is 43.2. The summed E-state index contributed by atoms with van der Waals surface area (Å²) in [4.78, 5) is 0. The summed E-state index contributed by atoms with van der Waals surface area (Å²) in [7, 11) is 0.795. The number of benzene rings is 6. The molecule has 0 aromatic heterocycles. The van der Waals surface area contributed by atoms with Gasteiger partial charge in [-0.3, -0.25) is 0 Å². The third-order valence-corrected chi connectivity index (χ3v) is 12.5. The Morgan fingerprint density at radius 3 is 1.38 bits per heavy atom. The quantitative estimate of drug-likeness (QED) is 0.105. The molecule has 2 heteroatoms. The van der Waals surface area contributed by atoms with Crippen molar-refractivity contribution in [2.75, 3.05) is 0 Å². The minimum Gasteiger partial charge on any atom is -0.184 e. The fourth-order valence-corrected chi connectivity index (χ4v) is 9.49. The van der Waals surface area contributed by atoms with E-state index in [4.69, 9.17) is 0 Å². The van der Waals surface area contributed by atoms with Gasteiger partial charge in [0.1, 0.15) is 0 Å². The second-order valence-corrected chi connectivity index (χ2v) is 18.4. The van der Waals surface area contributed by atoms with Gasteiger partial charge in [0.15, 0.2) is 0 Å². The monoisotopic (exact) mass is 937 g/mol. The van der Waals surface area contributed by atoms with E-state index >= 15 is 0 Å². The minimum atomic E-state index is 0. The summed E-state index contributed by atoms with van der Waals surface area (Å²) in [5, 5.41) is 8.33. The van der Waals surface area contributed by atoms with Crippen molar-refractivity contribution in [2.24, 2.45) is 11.8 Å². The Kier molecular flexibility index (Phi) is 14.6. The molecule has 2 radical (unpaired) electrons. The van der Waals surface area contributed by atoms with Crippen molar-refractivity contribution in [1.82, 2.24) is 0 Å². The van der Waals surface area contributed by atoms with Crippen LogP contribution in [-0.4, -0.2) is 9.52 Å². The first-order chi connectivity index (χ1) is 27.6. The molecule has 58 heavy (non-hydrogen) atoms. The van der Waals surface area contributed by atoms with Crippen LogP contribution in [0.3, 0.4) is 0 Å². The van der Waals surface area contributed by atoms with Crippen LogP contribution in [0.15, 0.2) is 152 Å². The van der Waals surface area contributed by atoms with Crippen LogP contribution >= 0.6 is 0 Å². The normalized spacial score (nSPS) is 11.7. The topological polar surface area (TPSA) is 0 Å². The van der Waals surface area contributed by atoms with E-state index in [0.29, 0.717) is 23.7 Å². The predicted octanol–water partition coefficient (Wildman–Crippen LogP) is 14.2. The zero-order valence-corrected chi connectivity index (χ0v) is 40.3. The van der Waals surface area contributed by atoms with E-state index in [1.54, 1.807) is 0 Å². The Labute approximate surface area is 370 Å². The third-order valence-electron chi connectivity index (χ3n) is 11.1. The van der Waals surface area contributed by atoms with Gasteiger partial charge in [-0.1, -0.05) is 162 Å². The van der Waals surface area contributed by atoms with Crippen molar-refractivity contribution in [3.8, 4) is 33.4 Å². The molecule has 0 saturated carbocycles. The summed E-state index contributed by atoms with van der Waals surface area (Å²) in [6.45, 7) is 18.2. The van der Waals surface area contributed by atoms with Crippen molar-refractivity contribution in [2.45, 2.75) is 80.1 Å². The molecule has 0 bridgehead atoms. The zero-order valence-electron chi connectivity index (χ0n) is 35.7. The molecule has 1 heterocycles. The Hall–Kier alpha value is -4.37. The first-order valence-electron chi connectivity index (χ1n) is 21.0. The Morgan fingerprint density at radius 1 is 0.466 bits per heavy atom. The van der Waals surface area contributed by atoms with Gasteiger partial charge in [0, 0.05) is 25.8 Å². The molecule has 0 aliphatic carbocycles. The molecule has 292 valence electrons. The van der Waals surface area contributed by atoms with Crippen LogP contribution in [0.4, 0.5) is 0 Å². The fourth-order valence-electron chi connectivity index (χ4n) is 8.18. The van der Waals surface area contributed by atoms with Crippen LogP contribution in [0.1, 0.15) is 89.5 Å². The smallest absolute Gasteiger partial charge is 0.0920 e. The predicted molar refractivity (Wildman–Crippen MR) is 251 cm³/mol. The molecule has 0 saturated heterocycles. The van der Waals surface area contributed by atoms with Crippen LogP contribution in [0.25, 0.3) is 54.9 Å². The minimum absolute atomic E-state index is 0. The average Bonchev–Trinajstić information content (AvgIpc) is 3.94. The molecule has 0 N–H and O–H groups in total. The van der Waals surface area contributed by atoms with Gasteiger partial charge in [0.25, 0.3) is 0 Å². The number of hydrogen-bond acceptors (Lipinski definition) is 0. The maximum absolute atomic E-state index is 3.31. The van der Waals surface area contributed by atoms with E-state index in [1.165, 1.54) is 87.6 Å². The van der Waals surface area contributed by atoms with E-state index in [9.17, 15) is 0 Å². The molecule has 0 atom stereocenters. The molecular formula is C56H57HfSi-3. The van der Waals surface area contributed by atoms with Crippen LogP contribution in [0, 0.1) is 17.9 Å². The molecule has 0 fully saturated rings. The van der Waals surface area contributed by atoms with E-state index in [-0.39, 0.29) is 25.8 Å². The van der Waals surface area contributed by atoms with Crippen molar-refractivity contribution < 1.29 is 25.8 Å². The average molecular weight is 937 g/mol. The van der Waals surface area contributed by atoms with Crippen molar-refractivity contribution >= 4 is 41.4 Å². The molecule has 0 nitrogen and oxygen atoms in total. The molecule has 0 amide bonds. The SMILES string of the molecule is CC(C)Cc1ccccc1-c1cccc2[cH-]c(C(C)C)cc12.CC(C)Cc1ccccc1-c1cccc2[cH-]c(C(C)C)cc12.[Hf].[c-]1cccc2c1[Si]c1ccccc1-2. The first-order valence-corrected chi connectivity index (χ1v) is 22.0. The van der Waals surface area contributed by atoms with Crippen LogP contribution in [0.2, 0.25) is 0 Å². The molecule has 0 spiro atoms. The summed E-state index contributed by atoms with van der Waals surface area (Å²) >= 11 is 0. The Bertz CT molecular complexity index is 2400. The maximum Gasteiger partial charge on any atom is 0.0920 e. The number of rotatable bonds is 8. The molecular weight excluding hydrogens is 879 g/mol. The number of hydrogen-bond donors (Lipinski definition) is 0. The summed E-state index contributed by atoms with van der Waals surface area (Å²) in [6, 6.07) is 58.7. The van der Waals surface area contributed by atoms with Gasteiger partial charge >= 0.3 is 0 Å². The van der Waals surface area contributed by atoms with Crippen LogP contribution in [-0.2, 0) is 38.7 Å². The van der Waals surface area contributed by atoms with Crippen molar-refractivity contribution in [3.05, 3.63) is 180 Å². The van der Waals surface area contributed by atoms with E-state index in [2.05, 4.69) is 207 Å². The van der Waals surface area contributed by atoms with Gasteiger partial charge < -0.3 is 0 Å². The zero-order chi connectivity index (χ0) is 40.1. The summed E-state index contributed by atoms with van der Waals surface area (Å²) < 4.78 is 0. The van der Waals surface area contributed by atoms with Gasteiger partial charge in [-0.05, 0) is 58.8 Å². The van der Waals surface area contributed by atoms with Crippen molar-refractivity contribution in [1.29, 1.82) is 0 Å². The van der Waals surface area contributed by atoms with E-state index in [1.807, 2.05) is 6.07 Å². The molecule has 8 aromatic carbocycles. The standard InChI is InChI=1S/2C22H25.C12H7Si.Hf/c2*1-15(2)12-17-8-5-6-10-20(17)21-11-7-9-18-13-19(16(3)4)14-22(18)21;1-3-7-11-9(5-1)10-6-2-4-8-12(10)13-11;/h2*5-11,13-16H,12H2,1-4H3;1-7H;/q3*-1;. The largest absolute Gasteiger partial charge is 0.184 e. The molecule has 1 aliphatic rings. The van der Waals surface area contributed by atoms with Gasteiger partial charge in [0.2, 0.25) is 0 Å². The summed E-state index contributed by atoms with van der Waals surface area (Å²) in [6.07, 6.45) is 2.26. The second-order valence-electron chi connectivity index (χ2n) is 17.1. The van der Waals surface area contributed by atoms with Crippen LogP contribution < -0.4 is 10.4 Å². The fraction of sp³-hybridized carbons (Fsp3) is 0.250. The van der Waals surface area contributed by atoms with Crippen LogP contribution in [0.5, 0.6) is 0 Å². The third kappa shape index (κ3) is 9.90. The van der Waals surface area contributed by atoms with Gasteiger partial charge in [-0.2, -0.15) is 41.6 Å². The van der Waals surface area contributed by atoms with Gasteiger partial charge in [0.05, 0.1) is 9.52 Å². The second kappa shape index (κ2) is 19.6. The van der Waals surface area contributed by atoms with Crippen molar-refractivity contribution in [3.63, 3.8) is 0 Å². The van der Waals surface area contributed by atoms with E-state index in [0.717, 1.165) is 22.4 Å².